The molecule has 0 amide bonds. The number of benzene rings is 1. The minimum Gasteiger partial charge on any atom is -0.258 e. The minimum absolute atomic E-state index is 0.0374. The van der Waals surface area contributed by atoms with Crippen LogP contribution in [0.3, 0.4) is 0 Å². The second kappa shape index (κ2) is 3.93. The summed E-state index contributed by atoms with van der Waals surface area (Å²) in [6.45, 7) is 0. The lowest BCUT2D eigenvalue weighted by molar-refractivity contribution is -0.388. The van der Waals surface area contributed by atoms with E-state index >= 15 is 0 Å². The summed E-state index contributed by atoms with van der Waals surface area (Å²) in [4.78, 5) is 10.2. The van der Waals surface area contributed by atoms with Gasteiger partial charge in [-0.3, -0.25) is 10.1 Å². The molecule has 0 aliphatic heterocycles. The molecule has 4 nitrogen and oxygen atoms in total. The first-order valence-electron chi connectivity index (χ1n) is 3.14. The SMILES string of the molecule is N#Cc1ccc(I)c(S)c1[N+](=O)[O-]. The third-order valence-corrected chi connectivity index (χ3v) is 3.18. The van der Waals surface area contributed by atoms with E-state index in [4.69, 9.17) is 5.26 Å². The Labute approximate surface area is 93.3 Å². The van der Waals surface area contributed by atoms with Gasteiger partial charge in [0.2, 0.25) is 0 Å². The maximum Gasteiger partial charge on any atom is 0.301 e. The smallest absolute Gasteiger partial charge is 0.258 e. The Hall–Kier alpha value is -0.810. The van der Waals surface area contributed by atoms with Crippen molar-refractivity contribution in [2.75, 3.05) is 0 Å². The first-order valence-corrected chi connectivity index (χ1v) is 4.66. The fourth-order valence-electron chi connectivity index (χ4n) is 0.830. The molecular formula is C7H3IN2O2S. The molecule has 0 radical (unpaired) electrons. The van der Waals surface area contributed by atoms with Gasteiger partial charge in [-0.15, -0.1) is 12.6 Å². The van der Waals surface area contributed by atoms with Crippen LogP contribution in [0.2, 0.25) is 0 Å². The second-order valence-corrected chi connectivity index (χ2v) is 3.77. The standard InChI is InChI=1S/C7H3IN2O2S/c8-5-2-1-4(3-9)6(7(5)13)10(11)12/h1-2,13H. The summed E-state index contributed by atoms with van der Waals surface area (Å²) >= 11 is 5.90. The van der Waals surface area contributed by atoms with E-state index in [0.29, 0.717) is 3.57 Å². The topological polar surface area (TPSA) is 66.9 Å². The zero-order valence-electron chi connectivity index (χ0n) is 6.19. The molecule has 0 unspecified atom stereocenters. The van der Waals surface area contributed by atoms with Crippen molar-refractivity contribution in [2.24, 2.45) is 0 Å². The van der Waals surface area contributed by atoms with Gasteiger partial charge in [0, 0.05) is 3.57 Å². The first kappa shape index (κ1) is 10.3. The Morgan fingerprint density at radius 3 is 2.69 bits per heavy atom. The maximum atomic E-state index is 10.6. The molecule has 0 heterocycles. The highest BCUT2D eigenvalue weighted by Crippen LogP contribution is 2.30. The number of hydrogen-bond acceptors (Lipinski definition) is 4. The number of rotatable bonds is 1. The molecule has 0 atom stereocenters. The average Bonchev–Trinajstić information content (AvgIpc) is 2.08. The largest absolute Gasteiger partial charge is 0.301 e. The third kappa shape index (κ3) is 1.92. The van der Waals surface area contributed by atoms with E-state index in [0.717, 1.165) is 0 Å². The van der Waals surface area contributed by atoms with Crippen LogP contribution in [0.1, 0.15) is 5.56 Å². The van der Waals surface area contributed by atoms with Crippen LogP contribution in [0.5, 0.6) is 0 Å². The summed E-state index contributed by atoms with van der Waals surface area (Å²) in [6, 6.07) is 4.79. The summed E-state index contributed by atoms with van der Waals surface area (Å²) in [5, 5.41) is 19.1. The van der Waals surface area contributed by atoms with Crippen LogP contribution in [-0.2, 0) is 0 Å². The van der Waals surface area contributed by atoms with E-state index in [1.54, 1.807) is 12.1 Å². The highest BCUT2D eigenvalue weighted by Gasteiger charge is 2.19. The highest BCUT2D eigenvalue weighted by molar-refractivity contribution is 14.1. The number of nitro groups is 1. The fraction of sp³-hybridized carbons (Fsp3) is 0. The molecule has 1 rings (SSSR count). The van der Waals surface area contributed by atoms with Crippen molar-refractivity contribution in [1.82, 2.24) is 0 Å². The zero-order valence-corrected chi connectivity index (χ0v) is 9.24. The van der Waals surface area contributed by atoms with Gasteiger partial charge in [0.05, 0.1) is 9.82 Å². The molecule has 0 aliphatic rings. The van der Waals surface area contributed by atoms with Gasteiger partial charge in [-0.1, -0.05) is 0 Å². The van der Waals surface area contributed by atoms with Crippen molar-refractivity contribution in [3.63, 3.8) is 0 Å². The van der Waals surface area contributed by atoms with Crippen LogP contribution in [0, 0.1) is 25.0 Å². The summed E-state index contributed by atoms with van der Waals surface area (Å²) in [5.41, 5.74) is -0.187. The predicted molar refractivity (Wildman–Crippen MR) is 57.8 cm³/mol. The first-order chi connectivity index (χ1) is 6.07. The summed E-state index contributed by atoms with van der Waals surface area (Å²) in [5.74, 6) is 0. The van der Waals surface area contributed by atoms with Crippen molar-refractivity contribution in [2.45, 2.75) is 4.90 Å². The lowest BCUT2D eigenvalue weighted by atomic mass is 10.2. The Morgan fingerprint density at radius 2 is 2.23 bits per heavy atom. The molecule has 0 spiro atoms. The number of halogens is 1. The van der Waals surface area contributed by atoms with Crippen molar-refractivity contribution in [3.05, 3.63) is 31.4 Å². The van der Waals surface area contributed by atoms with E-state index in [-0.39, 0.29) is 16.1 Å². The molecule has 0 bridgehead atoms. The Balaban J connectivity index is 3.53. The van der Waals surface area contributed by atoms with Crippen molar-refractivity contribution < 1.29 is 4.92 Å². The van der Waals surface area contributed by atoms with Gasteiger partial charge in [-0.2, -0.15) is 5.26 Å². The molecular weight excluding hydrogens is 303 g/mol. The molecule has 0 fully saturated rings. The summed E-state index contributed by atoms with van der Waals surface area (Å²) in [7, 11) is 0. The molecule has 1 aromatic carbocycles. The van der Waals surface area contributed by atoms with Crippen molar-refractivity contribution >= 4 is 40.9 Å². The molecule has 0 aromatic heterocycles. The molecule has 0 aliphatic carbocycles. The fourth-order valence-corrected chi connectivity index (χ4v) is 1.54. The number of nitrogens with zero attached hydrogens (tertiary/aromatic N) is 2. The van der Waals surface area contributed by atoms with Gasteiger partial charge in [0.15, 0.2) is 0 Å². The monoisotopic (exact) mass is 306 g/mol. The molecule has 13 heavy (non-hydrogen) atoms. The number of nitriles is 1. The van der Waals surface area contributed by atoms with Crippen LogP contribution in [0.15, 0.2) is 17.0 Å². The summed E-state index contributed by atoms with van der Waals surface area (Å²) in [6.07, 6.45) is 0. The van der Waals surface area contributed by atoms with E-state index in [1.807, 2.05) is 22.6 Å². The quantitative estimate of drug-likeness (QED) is 0.375. The Morgan fingerprint density at radius 1 is 1.62 bits per heavy atom. The van der Waals surface area contributed by atoms with Gasteiger partial charge in [0.1, 0.15) is 11.6 Å². The Kier molecular flexibility index (Phi) is 3.11. The maximum absolute atomic E-state index is 10.6. The van der Waals surface area contributed by atoms with Crippen molar-refractivity contribution in [1.29, 1.82) is 5.26 Å². The Bertz CT molecular complexity index is 414. The van der Waals surface area contributed by atoms with Crippen LogP contribution in [0.25, 0.3) is 0 Å². The molecule has 0 saturated carbocycles. The lowest BCUT2D eigenvalue weighted by Gasteiger charge is -1.99. The molecule has 1 aromatic rings. The van der Waals surface area contributed by atoms with Gasteiger partial charge < -0.3 is 0 Å². The number of nitro benzene ring substituents is 1. The normalized spacial score (nSPS) is 9.31. The molecule has 0 saturated heterocycles. The number of hydrogen-bond donors (Lipinski definition) is 1. The minimum atomic E-state index is -0.594. The molecule has 66 valence electrons. The molecule has 6 heteroatoms. The van der Waals surface area contributed by atoms with Gasteiger partial charge in [-0.05, 0) is 34.7 Å². The lowest BCUT2D eigenvalue weighted by Crippen LogP contribution is -1.95. The van der Waals surface area contributed by atoms with Gasteiger partial charge >= 0.3 is 5.69 Å². The average molecular weight is 306 g/mol. The van der Waals surface area contributed by atoms with Gasteiger partial charge in [0.25, 0.3) is 0 Å². The zero-order chi connectivity index (χ0) is 10.0. The van der Waals surface area contributed by atoms with Crippen LogP contribution >= 0.6 is 35.2 Å². The molecule has 0 N–H and O–H groups in total. The van der Waals surface area contributed by atoms with E-state index in [9.17, 15) is 10.1 Å². The van der Waals surface area contributed by atoms with E-state index < -0.39 is 4.92 Å². The predicted octanol–water partition coefficient (Wildman–Crippen LogP) is 2.36. The van der Waals surface area contributed by atoms with Gasteiger partial charge in [-0.25, -0.2) is 0 Å². The van der Waals surface area contributed by atoms with Crippen LogP contribution in [-0.4, -0.2) is 4.92 Å². The van der Waals surface area contributed by atoms with E-state index in [2.05, 4.69) is 12.6 Å². The van der Waals surface area contributed by atoms with Crippen LogP contribution in [0.4, 0.5) is 5.69 Å². The van der Waals surface area contributed by atoms with Crippen molar-refractivity contribution in [3.8, 4) is 6.07 Å². The van der Waals surface area contributed by atoms with Crippen LogP contribution < -0.4 is 0 Å². The second-order valence-electron chi connectivity index (χ2n) is 2.16. The highest BCUT2D eigenvalue weighted by atomic mass is 127. The third-order valence-electron chi connectivity index (χ3n) is 1.40. The number of thiol groups is 1. The summed E-state index contributed by atoms with van der Waals surface area (Å²) < 4.78 is 0.659. The van der Waals surface area contributed by atoms with E-state index in [1.165, 1.54) is 6.07 Å².